The van der Waals surface area contributed by atoms with Gasteiger partial charge in [0.05, 0.1) is 5.25 Å². The van der Waals surface area contributed by atoms with E-state index in [4.69, 9.17) is 4.74 Å². The molecule has 0 aromatic heterocycles. The van der Waals surface area contributed by atoms with Gasteiger partial charge in [0, 0.05) is 22.5 Å². The highest BCUT2D eigenvalue weighted by atomic mass is 32.2. The summed E-state index contributed by atoms with van der Waals surface area (Å²) in [6.07, 6.45) is 6.15. The number of unbranched alkanes of at least 4 members (excludes halogenated alkanes) is 5. The van der Waals surface area contributed by atoms with Crippen molar-refractivity contribution in [3.63, 3.8) is 0 Å². The summed E-state index contributed by atoms with van der Waals surface area (Å²) in [6.45, 7) is 7.13. The number of ether oxygens (including phenoxy) is 1. The molecule has 2 N–H and O–H groups in total. The minimum atomic E-state index is -3.12. The molecular weight excluding hydrogens is 304 g/mol. The van der Waals surface area contributed by atoms with Crippen LogP contribution in [0, 0.1) is 0 Å². The summed E-state index contributed by atoms with van der Waals surface area (Å²) in [6, 6.07) is 0. The summed E-state index contributed by atoms with van der Waals surface area (Å²) >= 11 is 0. The van der Waals surface area contributed by atoms with Gasteiger partial charge in [0.15, 0.2) is 0 Å². The van der Waals surface area contributed by atoms with E-state index >= 15 is 0 Å². The van der Waals surface area contributed by atoms with Crippen LogP contribution in [0.5, 0.6) is 0 Å². The van der Waals surface area contributed by atoms with Crippen molar-refractivity contribution >= 4 is 15.9 Å². The molecule has 0 saturated heterocycles. The first-order valence-electron chi connectivity index (χ1n) is 8.23. The summed E-state index contributed by atoms with van der Waals surface area (Å²) in [5.74, 6) is -0.0562. The molecule has 0 bridgehead atoms. The van der Waals surface area contributed by atoms with Crippen LogP contribution >= 0.6 is 0 Å². The van der Waals surface area contributed by atoms with Crippen LogP contribution in [0.1, 0.15) is 62.1 Å². The van der Waals surface area contributed by atoms with E-state index in [1.165, 1.54) is 0 Å². The summed E-state index contributed by atoms with van der Waals surface area (Å²) < 4.78 is 30.6. The van der Waals surface area contributed by atoms with Crippen molar-refractivity contribution in [2.75, 3.05) is 26.3 Å². The number of hydrogen-bond acceptors (Lipinski definition) is 4. The summed E-state index contributed by atoms with van der Waals surface area (Å²) in [7, 11) is -3.12. The average molecular weight is 341 g/mol. The van der Waals surface area contributed by atoms with E-state index in [0.29, 0.717) is 19.7 Å². The fourth-order valence-electron chi connectivity index (χ4n) is 1.81. The van der Waals surface area contributed by atoms with Gasteiger partial charge in [0.25, 0.3) is 0 Å². The van der Waals surface area contributed by atoms with E-state index in [2.05, 4.69) is 10.0 Å². The number of sulfonamides is 1. The molecule has 0 aromatic carbocycles. The third kappa shape index (κ3) is 11.9. The van der Waals surface area contributed by atoms with Crippen molar-refractivity contribution in [3.8, 4) is 0 Å². The lowest BCUT2D eigenvalue weighted by Crippen LogP contribution is -2.31. The third-order valence-corrected chi connectivity index (χ3v) is 5.13. The lowest BCUT2D eigenvalue weighted by Gasteiger charge is -2.09. The zero-order chi connectivity index (χ0) is 16.8. The van der Waals surface area contributed by atoms with Gasteiger partial charge in [0.2, 0.25) is 15.9 Å². The van der Waals surface area contributed by atoms with Crippen molar-refractivity contribution in [1.29, 1.82) is 0 Å². The topological polar surface area (TPSA) is 84.5 Å². The first kappa shape index (κ1) is 21.3. The molecule has 0 heterocycles. The standard InChI is InChI=1S/C15H32N2O4S.2H2/c1-4-21-13-15(18)16-11-9-7-5-6-8-10-12-17-22(19,20)14(2)3;;/h14,17H,4-13H2,1-3H3,(H,16,18);2*1H. The van der Waals surface area contributed by atoms with Crippen molar-refractivity contribution in [3.05, 3.63) is 0 Å². The van der Waals surface area contributed by atoms with Gasteiger partial charge in [-0.2, -0.15) is 0 Å². The second-order valence-electron chi connectivity index (χ2n) is 5.60. The van der Waals surface area contributed by atoms with Crippen LogP contribution in [0.4, 0.5) is 0 Å². The first-order valence-corrected chi connectivity index (χ1v) is 9.77. The van der Waals surface area contributed by atoms with Gasteiger partial charge >= 0.3 is 0 Å². The third-order valence-electron chi connectivity index (χ3n) is 3.29. The number of nitrogens with one attached hydrogen (secondary N) is 2. The second-order valence-corrected chi connectivity index (χ2v) is 7.92. The molecule has 0 saturated carbocycles. The first-order chi connectivity index (χ1) is 10.4. The Morgan fingerprint density at radius 2 is 1.59 bits per heavy atom. The second kappa shape index (κ2) is 12.8. The molecule has 136 valence electrons. The monoisotopic (exact) mass is 340 g/mol. The lowest BCUT2D eigenvalue weighted by molar-refractivity contribution is -0.125. The van der Waals surface area contributed by atoms with Crippen molar-refractivity contribution in [2.45, 2.75) is 64.5 Å². The maximum Gasteiger partial charge on any atom is 0.245 e. The molecule has 0 aromatic rings. The van der Waals surface area contributed by atoms with Gasteiger partial charge in [0.1, 0.15) is 6.61 Å². The van der Waals surface area contributed by atoms with E-state index in [1.54, 1.807) is 13.8 Å². The highest BCUT2D eigenvalue weighted by Crippen LogP contribution is 2.05. The minimum absolute atomic E-state index is 0. The smallest absolute Gasteiger partial charge is 0.245 e. The van der Waals surface area contributed by atoms with Crippen LogP contribution in [-0.2, 0) is 19.6 Å². The molecule has 22 heavy (non-hydrogen) atoms. The maximum atomic E-state index is 11.5. The number of carbonyl (C=O) groups excluding carboxylic acids is 1. The maximum absolute atomic E-state index is 11.5. The van der Waals surface area contributed by atoms with Gasteiger partial charge in [-0.1, -0.05) is 25.7 Å². The van der Waals surface area contributed by atoms with Crippen molar-refractivity contribution in [1.82, 2.24) is 10.0 Å². The Hall–Kier alpha value is -0.660. The van der Waals surface area contributed by atoms with Gasteiger partial charge in [-0.05, 0) is 33.6 Å². The largest absolute Gasteiger partial charge is 0.372 e. The molecule has 0 aliphatic rings. The molecule has 0 aliphatic heterocycles. The van der Waals surface area contributed by atoms with Crippen LogP contribution in [0.3, 0.4) is 0 Å². The molecule has 0 fully saturated rings. The highest BCUT2D eigenvalue weighted by molar-refractivity contribution is 7.90. The number of hydrogen-bond donors (Lipinski definition) is 2. The lowest BCUT2D eigenvalue weighted by atomic mass is 10.1. The Morgan fingerprint density at radius 3 is 2.14 bits per heavy atom. The van der Waals surface area contributed by atoms with Gasteiger partial charge < -0.3 is 10.1 Å². The summed E-state index contributed by atoms with van der Waals surface area (Å²) in [5.41, 5.74) is 0. The SMILES string of the molecule is CCOCC(=O)NCCCCCCCCNS(=O)(=O)C(C)C.[HH].[HH]. The molecule has 0 spiro atoms. The van der Waals surface area contributed by atoms with Crippen LogP contribution in [0.15, 0.2) is 0 Å². The Bertz CT molecular complexity index is 393. The Balaban J connectivity index is -0.00000220. The predicted molar refractivity (Wildman–Crippen MR) is 93.5 cm³/mol. The van der Waals surface area contributed by atoms with Crippen LogP contribution in [0.2, 0.25) is 0 Å². The quantitative estimate of drug-likeness (QED) is 0.475. The number of rotatable bonds is 14. The average Bonchev–Trinajstić information content (AvgIpc) is 2.46. The minimum Gasteiger partial charge on any atom is -0.372 e. The summed E-state index contributed by atoms with van der Waals surface area (Å²) in [4.78, 5) is 11.2. The fraction of sp³-hybridized carbons (Fsp3) is 0.933. The van der Waals surface area contributed by atoms with Gasteiger partial charge in [-0.15, -0.1) is 0 Å². The predicted octanol–water partition coefficient (Wildman–Crippen LogP) is 2.30. The van der Waals surface area contributed by atoms with Crippen molar-refractivity contribution in [2.24, 2.45) is 0 Å². The van der Waals surface area contributed by atoms with E-state index in [9.17, 15) is 13.2 Å². The Labute approximate surface area is 138 Å². The van der Waals surface area contributed by atoms with E-state index in [0.717, 1.165) is 38.5 Å². The van der Waals surface area contributed by atoms with E-state index in [-0.39, 0.29) is 20.6 Å². The van der Waals surface area contributed by atoms with Crippen LogP contribution < -0.4 is 10.0 Å². The molecular formula is C15H36N2O4S. The molecule has 0 rings (SSSR count). The number of carbonyl (C=O) groups is 1. The molecule has 0 radical (unpaired) electrons. The van der Waals surface area contributed by atoms with Gasteiger partial charge in [-0.3, -0.25) is 4.79 Å². The van der Waals surface area contributed by atoms with E-state index < -0.39 is 10.0 Å². The molecule has 6 nitrogen and oxygen atoms in total. The number of amides is 1. The molecule has 0 unspecified atom stereocenters. The fourth-order valence-corrected chi connectivity index (χ4v) is 2.57. The molecule has 7 heteroatoms. The Kier molecular flexibility index (Phi) is 12.5. The zero-order valence-electron chi connectivity index (χ0n) is 14.2. The van der Waals surface area contributed by atoms with Crippen molar-refractivity contribution < 1.29 is 20.8 Å². The Morgan fingerprint density at radius 1 is 1.05 bits per heavy atom. The van der Waals surface area contributed by atoms with Crippen LogP contribution in [0.25, 0.3) is 0 Å². The summed E-state index contributed by atoms with van der Waals surface area (Å²) in [5, 5.41) is 2.45. The molecule has 1 amide bonds. The normalized spacial score (nSPS) is 11.8. The highest BCUT2D eigenvalue weighted by Gasteiger charge is 2.13. The van der Waals surface area contributed by atoms with E-state index in [1.807, 2.05) is 6.92 Å². The zero-order valence-corrected chi connectivity index (χ0v) is 15.0. The van der Waals surface area contributed by atoms with Gasteiger partial charge in [-0.25, -0.2) is 13.1 Å². The molecule has 0 aliphatic carbocycles. The molecule has 0 atom stereocenters. The van der Waals surface area contributed by atoms with Crippen LogP contribution in [-0.4, -0.2) is 45.9 Å².